The first-order valence-corrected chi connectivity index (χ1v) is 19.3. The summed E-state index contributed by atoms with van der Waals surface area (Å²) in [5.74, 6) is 0. The van der Waals surface area contributed by atoms with Crippen LogP contribution in [0.4, 0.5) is 0 Å². The van der Waals surface area contributed by atoms with E-state index in [2.05, 4.69) is 72.3 Å². The van der Waals surface area contributed by atoms with Crippen LogP contribution in [0.3, 0.4) is 0 Å². The minimum atomic E-state index is -2.13. The summed E-state index contributed by atoms with van der Waals surface area (Å²) in [6, 6.07) is 0. The van der Waals surface area contributed by atoms with Crippen molar-refractivity contribution in [2.45, 2.75) is 79.1 Å². The molecule has 0 aromatic heterocycles. The predicted octanol–water partition coefficient (Wildman–Crippen LogP) is 4.91. The molecule has 0 saturated heterocycles. The van der Waals surface area contributed by atoms with Crippen molar-refractivity contribution in [3.63, 3.8) is 0 Å². The van der Waals surface area contributed by atoms with E-state index in [0.717, 1.165) is 6.42 Å². The Balaban J connectivity index is 4.78. The molecule has 0 aliphatic heterocycles. The lowest BCUT2D eigenvalue weighted by atomic mass is 10.3. The van der Waals surface area contributed by atoms with Crippen LogP contribution in [0.5, 0.6) is 0 Å². The van der Waals surface area contributed by atoms with Gasteiger partial charge in [-0.25, -0.2) is 0 Å². The molecule has 0 N–H and O–H groups in total. The molecule has 3 nitrogen and oxygen atoms in total. The normalized spacial score (nSPS) is 16.2. The Bertz CT molecular complexity index is 349. The second-order valence-corrected chi connectivity index (χ2v) is 22.0. The van der Waals surface area contributed by atoms with Crippen LogP contribution in [0.1, 0.15) is 26.7 Å². The van der Waals surface area contributed by atoms with Crippen molar-refractivity contribution < 1.29 is 12.3 Å². The lowest BCUT2D eigenvalue weighted by molar-refractivity contribution is 0.352. The highest BCUT2D eigenvalue weighted by molar-refractivity contribution is 6.88. The molecule has 0 radical (unpaired) electrons. The topological polar surface area (TPSA) is 27.7 Å². The molecule has 21 heavy (non-hydrogen) atoms. The Morgan fingerprint density at radius 2 is 1.52 bits per heavy atom. The molecule has 1 atom stereocenters. The van der Waals surface area contributed by atoms with Crippen molar-refractivity contribution in [1.29, 1.82) is 0 Å². The maximum atomic E-state index is 6.57. The number of hydrogen-bond acceptors (Lipinski definition) is 3. The van der Waals surface area contributed by atoms with Gasteiger partial charge in [0.25, 0.3) is 9.28 Å². The molecule has 7 heteroatoms. The van der Waals surface area contributed by atoms with Crippen LogP contribution in [0.2, 0.25) is 52.4 Å². The first kappa shape index (κ1) is 21.5. The molecule has 0 aromatic carbocycles. The average molecular weight is 365 g/mol. The zero-order valence-electron chi connectivity index (χ0n) is 15.8. The molecule has 126 valence electrons. The largest absolute Gasteiger partial charge is 0.439 e. The van der Waals surface area contributed by atoms with E-state index in [4.69, 9.17) is 12.3 Å². The molecular weight excluding hydrogens is 328 g/mol. The maximum Gasteiger partial charge on any atom is 0.312 e. The minimum absolute atomic E-state index is 1.14. The van der Waals surface area contributed by atoms with Crippen LogP contribution >= 0.6 is 0 Å². The number of rotatable bonds is 9. The van der Waals surface area contributed by atoms with Gasteiger partial charge in [0.2, 0.25) is 8.32 Å². The first-order valence-electron chi connectivity index (χ1n) is 8.04. The van der Waals surface area contributed by atoms with Gasteiger partial charge in [0.15, 0.2) is 8.32 Å². The van der Waals surface area contributed by atoms with Gasteiger partial charge >= 0.3 is 8.56 Å². The molecular formula is C14H36O3Si4. The molecule has 0 aliphatic carbocycles. The SMILES string of the molecule is CC=C(CCC)[Si](C)(C)O[Si](C)(C)O[SiH](C)O[Si](C)(C)C. The highest BCUT2D eigenvalue weighted by Gasteiger charge is 2.38. The van der Waals surface area contributed by atoms with E-state index in [9.17, 15) is 0 Å². The predicted molar refractivity (Wildman–Crippen MR) is 103 cm³/mol. The maximum absolute atomic E-state index is 6.57. The lowest BCUT2D eigenvalue weighted by Gasteiger charge is -2.37. The van der Waals surface area contributed by atoms with E-state index in [1.54, 1.807) is 0 Å². The van der Waals surface area contributed by atoms with Gasteiger partial charge in [0.1, 0.15) is 0 Å². The Labute approximate surface area is 137 Å². The van der Waals surface area contributed by atoms with Crippen LogP contribution < -0.4 is 0 Å². The zero-order valence-corrected chi connectivity index (χ0v) is 19.9. The summed E-state index contributed by atoms with van der Waals surface area (Å²) in [6.07, 6.45) is 4.56. The number of allylic oxidation sites excluding steroid dienone is 2. The van der Waals surface area contributed by atoms with E-state index in [1.165, 1.54) is 11.6 Å². The fourth-order valence-electron chi connectivity index (χ4n) is 2.69. The third kappa shape index (κ3) is 9.27. The summed E-state index contributed by atoms with van der Waals surface area (Å²) >= 11 is 0. The van der Waals surface area contributed by atoms with E-state index in [1.807, 2.05) is 0 Å². The fourth-order valence-corrected chi connectivity index (χ4v) is 18.1. The Morgan fingerprint density at radius 1 is 1.00 bits per heavy atom. The molecule has 0 spiro atoms. The number of hydrogen-bond donors (Lipinski definition) is 0. The summed E-state index contributed by atoms with van der Waals surface area (Å²) in [7, 11) is -7.08. The second-order valence-electron chi connectivity index (χ2n) is 7.49. The third-order valence-corrected chi connectivity index (χ3v) is 17.0. The molecule has 0 amide bonds. The highest BCUT2D eigenvalue weighted by Crippen LogP contribution is 2.26. The Morgan fingerprint density at radius 3 is 1.90 bits per heavy atom. The standard InChI is InChI=1S/C14H36O3Si4/c1-11-13-14(12-2)20(7,8)17-21(9,10)16-18(3)15-19(4,5)6/h12,18H,11,13H2,1-10H3. The van der Waals surface area contributed by atoms with Crippen LogP contribution in [0, 0.1) is 0 Å². The van der Waals surface area contributed by atoms with Crippen molar-refractivity contribution in [3.05, 3.63) is 11.3 Å². The average Bonchev–Trinajstić information content (AvgIpc) is 2.19. The summed E-state index contributed by atoms with van der Waals surface area (Å²) < 4.78 is 19.0. The Hall–Kier alpha value is 0.488. The molecule has 1 unspecified atom stereocenters. The van der Waals surface area contributed by atoms with Gasteiger partial charge < -0.3 is 12.3 Å². The summed E-state index contributed by atoms with van der Waals surface area (Å²) in [5.41, 5.74) is 0. The van der Waals surface area contributed by atoms with E-state index >= 15 is 0 Å². The van der Waals surface area contributed by atoms with Gasteiger partial charge in [0, 0.05) is 0 Å². The van der Waals surface area contributed by atoms with Gasteiger partial charge in [-0.05, 0) is 65.7 Å². The van der Waals surface area contributed by atoms with Crippen molar-refractivity contribution in [2.24, 2.45) is 0 Å². The fraction of sp³-hybridized carbons (Fsp3) is 0.857. The summed E-state index contributed by atoms with van der Waals surface area (Å²) in [4.78, 5) is 0. The molecule has 0 saturated carbocycles. The van der Waals surface area contributed by atoms with Crippen LogP contribution in [-0.4, -0.2) is 34.5 Å². The van der Waals surface area contributed by atoms with E-state index in [-0.39, 0.29) is 0 Å². The molecule has 0 aromatic rings. The summed E-state index contributed by atoms with van der Waals surface area (Å²) in [6.45, 7) is 22.1. The van der Waals surface area contributed by atoms with Crippen LogP contribution in [-0.2, 0) is 12.3 Å². The van der Waals surface area contributed by atoms with E-state index in [0.29, 0.717) is 0 Å². The van der Waals surface area contributed by atoms with Crippen molar-refractivity contribution >= 4 is 34.5 Å². The van der Waals surface area contributed by atoms with Gasteiger partial charge in [0.05, 0.1) is 0 Å². The van der Waals surface area contributed by atoms with Crippen molar-refractivity contribution in [2.75, 3.05) is 0 Å². The zero-order chi connectivity index (χ0) is 16.9. The quantitative estimate of drug-likeness (QED) is 0.544. The van der Waals surface area contributed by atoms with Gasteiger partial charge in [-0.2, -0.15) is 0 Å². The van der Waals surface area contributed by atoms with Gasteiger partial charge in [-0.15, -0.1) is 0 Å². The minimum Gasteiger partial charge on any atom is -0.439 e. The molecule has 0 bridgehead atoms. The van der Waals surface area contributed by atoms with Gasteiger partial charge in [-0.1, -0.05) is 24.6 Å². The van der Waals surface area contributed by atoms with Gasteiger partial charge in [-0.3, -0.25) is 0 Å². The van der Waals surface area contributed by atoms with Crippen LogP contribution in [0.25, 0.3) is 0 Å². The Kier molecular flexibility index (Phi) is 8.56. The monoisotopic (exact) mass is 364 g/mol. The van der Waals surface area contributed by atoms with Crippen molar-refractivity contribution in [1.82, 2.24) is 0 Å². The third-order valence-electron chi connectivity index (χ3n) is 3.11. The smallest absolute Gasteiger partial charge is 0.312 e. The lowest BCUT2D eigenvalue weighted by Crippen LogP contribution is -2.51. The second kappa shape index (κ2) is 8.37. The van der Waals surface area contributed by atoms with Crippen LogP contribution in [0.15, 0.2) is 11.3 Å². The molecule has 0 fully saturated rings. The van der Waals surface area contributed by atoms with Crippen molar-refractivity contribution in [3.8, 4) is 0 Å². The summed E-state index contributed by atoms with van der Waals surface area (Å²) in [5, 5.41) is 1.50. The molecule has 0 aliphatic rings. The first-order chi connectivity index (χ1) is 9.33. The molecule has 0 rings (SSSR count). The van der Waals surface area contributed by atoms with E-state index < -0.39 is 34.5 Å². The molecule has 0 heterocycles. The highest BCUT2D eigenvalue weighted by atomic mass is 28.5.